The maximum absolute atomic E-state index is 8.53. The molecule has 1 nitrogen and oxygen atoms in total. The van der Waals surface area contributed by atoms with Crippen molar-refractivity contribution in [3.8, 4) is 17.9 Å². The second kappa shape index (κ2) is 10.9. The van der Waals surface area contributed by atoms with Gasteiger partial charge in [-0.2, -0.15) is 5.26 Å². The summed E-state index contributed by atoms with van der Waals surface area (Å²) in [6.07, 6.45) is 14.0. The highest BCUT2D eigenvalue weighted by Crippen LogP contribution is 2.31. The van der Waals surface area contributed by atoms with Crippen LogP contribution in [0.15, 0.2) is 24.3 Å². The van der Waals surface area contributed by atoms with Crippen LogP contribution in [0, 0.1) is 35.0 Å². The Morgan fingerprint density at radius 2 is 1.58 bits per heavy atom. The molecule has 0 heterocycles. The van der Waals surface area contributed by atoms with E-state index < -0.39 is 0 Å². The van der Waals surface area contributed by atoms with Crippen molar-refractivity contribution in [3.05, 3.63) is 35.4 Å². The van der Waals surface area contributed by atoms with Crippen molar-refractivity contribution in [2.75, 3.05) is 0 Å². The Bertz CT molecular complexity index is 559. The van der Waals surface area contributed by atoms with Gasteiger partial charge in [-0.25, -0.2) is 0 Å². The molecule has 1 fully saturated rings. The van der Waals surface area contributed by atoms with Gasteiger partial charge in [0.1, 0.15) is 0 Å². The molecule has 1 aliphatic carbocycles. The minimum Gasteiger partial charge on any atom is -0.183 e. The van der Waals surface area contributed by atoms with Gasteiger partial charge in [-0.05, 0) is 68.4 Å². The normalized spacial score (nSPS) is 20.0. The quantitative estimate of drug-likeness (QED) is 0.421. The number of unbranched alkanes of at least 4 members (excludes halogenated alkanes) is 3. The molecule has 1 aromatic rings. The van der Waals surface area contributed by atoms with E-state index in [9.17, 15) is 0 Å². The molecule has 0 spiro atoms. The number of rotatable bonds is 8. The first kappa shape index (κ1) is 18.6. The molecule has 0 aliphatic heterocycles. The van der Waals surface area contributed by atoms with Crippen LogP contribution < -0.4 is 0 Å². The van der Waals surface area contributed by atoms with Gasteiger partial charge in [0.2, 0.25) is 0 Å². The van der Waals surface area contributed by atoms with Gasteiger partial charge in [-0.3, -0.25) is 0 Å². The molecule has 128 valence electrons. The summed E-state index contributed by atoms with van der Waals surface area (Å²) < 4.78 is 0. The minimum absolute atomic E-state index is 0.466. The maximum atomic E-state index is 8.53. The van der Waals surface area contributed by atoms with E-state index in [4.69, 9.17) is 5.26 Å². The molecule has 0 saturated heterocycles. The number of nitrogens with zero attached hydrogens (tertiary/aromatic N) is 1. The first-order chi connectivity index (χ1) is 11.8. The second-order valence-corrected chi connectivity index (χ2v) is 7.26. The molecule has 0 atom stereocenters. The van der Waals surface area contributed by atoms with Crippen LogP contribution in [0.25, 0.3) is 0 Å². The molecule has 24 heavy (non-hydrogen) atoms. The van der Waals surface area contributed by atoms with Gasteiger partial charge < -0.3 is 0 Å². The van der Waals surface area contributed by atoms with Crippen LogP contribution in [-0.4, -0.2) is 0 Å². The molecule has 1 aliphatic rings. The third kappa shape index (κ3) is 6.80. The smallest absolute Gasteiger partial charge is 0.152 e. The van der Waals surface area contributed by atoms with Gasteiger partial charge in [-0.15, -0.1) is 0 Å². The fraction of sp³-hybridized carbons (Fsp3) is 0.609. The van der Waals surface area contributed by atoms with Crippen molar-refractivity contribution in [3.63, 3.8) is 0 Å². The van der Waals surface area contributed by atoms with E-state index >= 15 is 0 Å². The average molecular weight is 322 g/mol. The lowest BCUT2D eigenvalue weighted by Gasteiger charge is -2.25. The Labute approximate surface area is 148 Å². The molecule has 1 aromatic carbocycles. The standard InChI is InChI=1S/C23H31N/c1-2-3-4-5-7-20-9-13-22(14-10-20)17-18-23-15-11-21(12-16-23)8-6-19-24/h9-10,13-14,21,23H,2-5,7,11-12,15-18H2,1H3. The Morgan fingerprint density at radius 1 is 0.917 bits per heavy atom. The largest absolute Gasteiger partial charge is 0.183 e. The van der Waals surface area contributed by atoms with Crippen LogP contribution in [0.4, 0.5) is 0 Å². The van der Waals surface area contributed by atoms with Gasteiger partial charge in [-0.1, -0.05) is 56.4 Å². The highest BCUT2D eigenvalue weighted by Gasteiger charge is 2.19. The van der Waals surface area contributed by atoms with Crippen molar-refractivity contribution >= 4 is 0 Å². The van der Waals surface area contributed by atoms with E-state index in [1.165, 1.54) is 81.8 Å². The van der Waals surface area contributed by atoms with Crippen molar-refractivity contribution in [2.45, 2.75) is 77.6 Å². The molecule has 0 amide bonds. The van der Waals surface area contributed by atoms with Gasteiger partial charge >= 0.3 is 0 Å². The topological polar surface area (TPSA) is 23.8 Å². The average Bonchev–Trinajstić information content (AvgIpc) is 2.64. The van der Waals surface area contributed by atoms with Crippen LogP contribution in [0.3, 0.4) is 0 Å². The zero-order valence-corrected chi connectivity index (χ0v) is 15.2. The highest BCUT2D eigenvalue weighted by atomic mass is 14.2. The molecule has 0 bridgehead atoms. The van der Waals surface area contributed by atoms with Gasteiger partial charge in [0, 0.05) is 11.8 Å². The van der Waals surface area contributed by atoms with E-state index in [-0.39, 0.29) is 0 Å². The fourth-order valence-corrected chi connectivity index (χ4v) is 3.73. The van der Waals surface area contributed by atoms with Crippen LogP contribution in [0.2, 0.25) is 0 Å². The number of nitriles is 1. The highest BCUT2D eigenvalue weighted by molar-refractivity contribution is 5.23. The van der Waals surface area contributed by atoms with Crippen molar-refractivity contribution < 1.29 is 0 Å². The molecular weight excluding hydrogens is 290 g/mol. The van der Waals surface area contributed by atoms with Crippen LogP contribution in [0.1, 0.15) is 75.8 Å². The maximum Gasteiger partial charge on any atom is 0.152 e. The zero-order valence-electron chi connectivity index (χ0n) is 15.2. The number of benzene rings is 1. The second-order valence-electron chi connectivity index (χ2n) is 7.26. The summed E-state index contributed by atoms with van der Waals surface area (Å²) in [4.78, 5) is 0. The third-order valence-corrected chi connectivity index (χ3v) is 5.36. The summed E-state index contributed by atoms with van der Waals surface area (Å²) in [5, 5.41) is 8.53. The molecule has 0 unspecified atom stereocenters. The summed E-state index contributed by atoms with van der Waals surface area (Å²) >= 11 is 0. The van der Waals surface area contributed by atoms with Gasteiger partial charge in [0.25, 0.3) is 0 Å². The Balaban J connectivity index is 1.67. The zero-order chi connectivity index (χ0) is 17.0. The lowest BCUT2D eigenvalue weighted by Crippen LogP contribution is -2.14. The van der Waals surface area contributed by atoms with E-state index in [1.807, 2.05) is 6.07 Å². The van der Waals surface area contributed by atoms with Crippen LogP contribution >= 0.6 is 0 Å². The Morgan fingerprint density at radius 3 is 2.21 bits per heavy atom. The third-order valence-electron chi connectivity index (χ3n) is 5.36. The predicted molar refractivity (Wildman–Crippen MR) is 101 cm³/mol. The number of hydrogen-bond acceptors (Lipinski definition) is 1. The summed E-state index contributed by atoms with van der Waals surface area (Å²) in [6.45, 7) is 2.26. The molecule has 1 saturated carbocycles. The molecule has 0 N–H and O–H groups in total. The first-order valence-electron chi connectivity index (χ1n) is 9.79. The van der Waals surface area contributed by atoms with Gasteiger partial charge in [0.05, 0.1) is 0 Å². The lowest BCUT2D eigenvalue weighted by atomic mass is 9.80. The minimum atomic E-state index is 0.466. The van der Waals surface area contributed by atoms with E-state index in [2.05, 4.69) is 43.0 Å². The van der Waals surface area contributed by atoms with E-state index in [1.54, 1.807) is 0 Å². The molecule has 0 aromatic heterocycles. The fourth-order valence-electron chi connectivity index (χ4n) is 3.73. The molecular formula is C23H31N. The van der Waals surface area contributed by atoms with Crippen molar-refractivity contribution in [1.29, 1.82) is 5.26 Å². The summed E-state index contributed by atoms with van der Waals surface area (Å²) in [5.41, 5.74) is 2.98. The van der Waals surface area contributed by atoms with E-state index in [0.717, 1.165) is 5.92 Å². The number of aryl methyl sites for hydroxylation is 2. The van der Waals surface area contributed by atoms with Crippen LogP contribution in [-0.2, 0) is 12.8 Å². The van der Waals surface area contributed by atoms with E-state index in [0.29, 0.717) is 5.92 Å². The Hall–Kier alpha value is -1.73. The van der Waals surface area contributed by atoms with Crippen LogP contribution in [0.5, 0.6) is 0 Å². The molecule has 2 rings (SSSR count). The van der Waals surface area contributed by atoms with Crippen molar-refractivity contribution in [2.24, 2.45) is 11.8 Å². The summed E-state index contributed by atoms with van der Waals surface area (Å²) in [7, 11) is 0. The lowest BCUT2D eigenvalue weighted by molar-refractivity contribution is 0.302. The summed E-state index contributed by atoms with van der Waals surface area (Å²) in [6, 6.07) is 11.3. The Kier molecular flexibility index (Phi) is 8.48. The number of hydrogen-bond donors (Lipinski definition) is 0. The molecule has 1 heteroatoms. The molecule has 0 radical (unpaired) electrons. The SMILES string of the molecule is CCCCCCc1ccc(CCC2CCC(C#CC#N)CC2)cc1. The predicted octanol–water partition coefficient (Wildman–Crippen LogP) is 6.08. The van der Waals surface area contributed by atoms with Crippen molar-refractivity contribution in [1.82, 2.24) is 0 Å². The monoisotopic (exact) mass is 321 g/mol. The van der Waals surface area contributed by atoms with Gasteiger partial charge in [0.15, 0.2) is 6.07 Å². The first-order valence-corrected chi connectivity index (χ1v) is 9.79. The summed E-state index contributed by atoms with van der Waals surface area (Å²) in [5.74, 6) is 6.97.